The predicted octanol–water partition coefficient (Wildman–Crippen LogP) is 5.46. The molecule has 0 spiro atoms. The molecule has 0 saturated heterocycles. The molecule has 5 rings (SSSR count). The number of hydrogen-bond acceptors (Lipinski definition) is 6. The molecule has 0 atom stereocenters. The fourth-order valence-electron chi connectivity index (χ4n) is 4.25. The molecule has 0 radical (unpaired) electrons. The lowest BCUT2D eigenvalue weighted by Gasteiger charge is -2.21. The number of imide groups is 1. The molecule has 11 heteroatoms. The number of anilines is 1. The first-order valence-electron chi connectivity index (χ1n) is 11.7. The van der Waals surface area contributed by atoms with Gasteiger partial charge >= 0.3 is 6.18 Å². The highest BCUT2D eigenvalue weighted by Crippen LogP contribution is 2.46. The van der Waals surface area contributed by atoms with Crippen molar-refractivity contribution in [2.45, 2.75) is 20.0 Å². The van der Waals surface area contributed by atoms with Crippen LogP contribution in [0, 0.1) is 6.92 Å². The number of ether oxygens (including phenoxy) is 2. The number of aromatic amines is 1. The summed E-state index contributed by atoms with van der Waals surface area (Å²) in [5.74, 6) is -1.24. The van der Waals surface area contributed by atoms with Crippen LogP contribution in [0.3, 0.4) is 0 Å². The maximum atomic E-state index is 13.2. The Morgan fingerprint density at radius 1 is 0.949 bits per heavy atom. The SMILES string of the molecule is CCO.COc1cc(N2C(=O)c3ccccc3C2=O)c2[nH]c(=O)cc(C)c2c1Oc1cccc(C(F)(F)F)c1. The average Bonchev–Trinajstić information content (AvgIpc) is 3.14. The lowest BCUT2D eigenvalue weighted by molar-refractivity contribution is -0.137. The molecule has 4 aromatic rings. The first-order valence-corrected chi connectivity index (χ1v) is 11.7. The molecule has 202 valence electrons. The summed E-state index contributed by atoms with van der Waals surface area (Å²) in [4.78, 5) is 42.3. The van der Waals surface area contributed by atoms with Crippen molar-refractivity contribution in [2.24, 2.45) is 0 Å². The van der Waals surface area contributed by atoms with Gasteiger partial charge in [0.15, 0.2) is 11.5 Å². The minimum atomic E-state index is -4.58. The Hall–Kier alpha value is -4.64. The van der Waals surface area contributed by atoms with Crippen molar-refractivity contribution in [1.82, 2.24) is 4.98 Å². The third-order valence-corrected chi connectivity index (χ3v) is 5.85. The van der Waals surface area contributed by atoms with E-state index < -0.39 is 29.1 Å². The van der Waals surface area contributed by atoms with Gasteiger partial charge in [-0.1, -0.05) is 18.2 Å². The van der Waals surface area contributed by atoms with Crippen molar-refractivity contribution < 1.29 is 37.3 Å². The Morgan fingerprint density at radius 2 is 1.56 bits per heavy atom. The Balaban J connectivity index is 0.00000112. The van der Waals surface area contributed by atoms with Crippen LogP contribution >= 0.6 is 0 Å². The van der Waals surface area contributed by atoms with Gasteiger partial charge in [-0.3, -0.25) is 14.4 Å². The van der Waals surface area contributed by atoms with Gasteiger partial charge in [0, 0.05) is 24.1 Å². The van der Waals surface area contributed by atoms with E-state index in [-0.39, 0.29) is 51.6 Å². The van der Waals surface area contributed by atoms with Crippen molar-refractivity contribution in [3.63, 3.8) is 0 Å². The topological polar surface area (TPSA) is 109 Å². The van der Waals surface area contributed by atoms with Crippen molar-refractivity contribution in [3.05, 3.63) is 93.3 Å². The Kier molecular flexibility index (Phi) is 7.46. The summed E-state index contributed by atoms with van der Waals surface area (Å²) >= 11 is 0. The van der Waals surface area contributed by atoms with Crippen LogP contribution in [0.15, 0.2) is 65.5 Å². The molecule has 0 bridgehead atoms. The molecule has 2 heterocycles. The van der Waals surface area contributed by atoms with Gasteiger partial charge in [0.05, 0.1) is 35.0 Å². The van der Waals surface area contributed by atoms with E-state index in [0.29, 0.717) is 5.56 Å². The number of halogens is 3. The van der Waals surface area contributed by atoms with Crippen LogP contribution < -0.4 is 19.9 Å². The number of rotatable bonds is 4. The summed E-state index contributed by atoms with van der Waals surface area (Å²) in [5, 5.41) is 7.83. The number of pyridine rings is 1. The zero-order chi connectivity index (χ0) is 28.5. The Bertz CT molecular complexity index is 1610. The molecule has 8 nitrogen and oxygen atoms in total. The van der Waals surface area contributed by atoms with Crippen molar-refractivity contribution in [1.29, 1.82) is 0 Å². The molecule has 2 N–H and O–H groups in total. The minimum absolute atomic E-state index is 0.0148. The number of nitrogens with one attached hydrogen (secondary N) is 1. The van der Waals surface area contributed by atoms with Gasteiger partial charge < -0.3 is 19.6 Å². The summed E-state index contributed by atoms with van der Waals surface area (Å²) in [6.07, 6.45) is -4.58. The highest BCUT2D eigenvalue weighted by Gasteiger charge is 2.38. The van der Waals surface area contributed by atoms with Gasteiger partial charge in [-0.2, -0.15) is 13.2 Å². The summed E-state index contributed by atoms with van der Waals surface area (Å²) in [6.45, 7) is 3.53. The summed E-state index contributed by atoms with van der Waals surface area (Å²) in [7, 11) is 1.31. The number of fused-ring (bicyclic) bond motifs is 2. The number of aliphatic hydroxyl groups excluding tert-OH is 1. The third-order valence-electron chi connectivity index (χ3n) is 5.85. The molecule has 3 aromatic carbocycles. The normalized spacial score (nSPS) is 12.7. The fourth-order valence-corrected chi connectivity index (χ4v) is 4.25. The van der Waals surface area contributed by atoms with E-state index in [1.165, 1.54) is 43.5 Å². The molecular weight excluding hydrogens is 517 g/mol. The van der Waals surface area contributed by atoms with Gasteiger partial charge in [0.2, 0.25) is 5.56 Å². The molecule has 2 amide bonds. The summed E-state index contributed by atoms with van der Waals surface area (Å²) < 4.78 is 51.0. The quantitative estimate of drug-likeness (QED) is 0.333. The van der Waals surface area contributed by atoms with Crippen LogP contribution in [0.2, 0.25) is 0 Å². The number of methoxy groups -OCH3 is 1. The average molecular weight is 540 g/mol. The van der Waals surface area contributed by atoms with E-state index in [4.69, 9.17) is 14.6 Å². The Labute approximate surface area is 220 Å². The van der Waals surface area contributed by atoms with E-state index in [1.54, 1.807) is 26.0 Å². The van der Waals surface area contributed by atoms with Crippen molar-refractivity contribution >= 4 is 28.4 Å². The fraction of sp³-hybridized carbons (Fsp3) is 0.179. The number of alkyl halides is 3. The van der Waals surface area contributed by atoms with Crippen molar-refractivity contribution in [3.8, 4) is 17.2 Å². The third kappa shape index (κ3) is 5.08. The number of aliphatic hydroxyl groups is 1. The van der Waals surface area contributed by atoms with Crippen LogP contribution in [-0.4, -0.2) is 35.6 Å². The number of aromatic nitrogens is 1. The smallest absolute Gasteiger partial charge is 0.416 e. The van der Waals surface area contributed by atoms with Gasteiger partial charge in [-0.15, -0.1) is 0 Å². The molecule has 1 aromatic heterocycles. The highest BCUT2D eigenvalue weighted by atomic mass is 19.4. The zero-order valence-electron chi connectivity index (χ0n) is 21.1. The molecule has 0 unspecified atom stereocenters. The van der Waals surface area contributed by atoms with Crippen molar-refractivity contribution in [2.75, 3.05) is 18.6 Å². The van der Waals surface area contributed by atoms with Crippen LogP contribution in [0.25, 0.3) is 10.9 Å². The predicted molar refractivity (Wildman–Crippen MR) is 138 cm³/mol. The number of carbonyl (C=O) groups excluding carboxylic acids is 2. The van der Waals surface area contributed by atoms with Gasteiger partial charge in [0.25, 0.3) is 11.8 Å². The van der Waals surface area contributed by atoms with E-state index in [1.807, 2.05) is 0 Å². The molecule has 1 aliphatic rings. The Morgan fingerprint density at radius 3 is 2.13 bits per heavy atom. The second-order valence-electron chi connectivity index (χ2n) is 8.43. The molecule has 39 heavy (non-hydrogen) atoms. The number of benzene rings is 3. The number of carbonyl (C=O) groups is 2. The molecule has 1 aliphatic heterocycles. The van der Waals surface area contributed by atoms with Gasteiger partial charge in [-0.25, -0.2) is 4.90 Å². The molecular formula is C28H23F3N2O6. The minimum Gasteiger partial charge on any atom is -0.493 e. The van der Waals surface area contributed by atoms with E-state index in [9.17, 15) is 27.6 Å². The lowest BCUT2D eigenvalue weighted by Crippen LogP contribution is -2.30. The second-order valence-corrected chi connectivity index (χ2v) is 8.43. The van der Waals surface area contributed by atoms with Crippen LogP contribution in [0.5, 0.6) is 17.2 Å². The number of amides is 2. The number of hydrogen-bond donors (Lipinski definition) is 2. The van der Waals surface area contributed by atoms with E-state index in [0.717, 1.165) is 17.0 Å². The van der Waals surface area contributed by atoms with E-state index >= 15 is 0 Å². The molecule has 0 aliphatic carbocycles. The van der Waals surface area contributed by atoms with Gasteiger partial charge in [0.1, 0.15) is 5.75 Å². The highest BCUT2D eigenvalue weighted by molar-refractivity contribution is 6.36. The van der Waals surface area contributed by atoms with Gasteiger partial charge in [-0.05, 0) is 49.7 Å². The number of aryl methyl sites for hydroxylation is 1. The first kappa shape index (κ1) is 27.4. The zero-order valence-corrected chi connectivity index (χ0v) is 21.1. The molecule has 0 saturated carbocycles. The first-order chi connectivity index (χ1) is 18.5. The largest absolute Gasteiger partial charge is 0.493 e. The van der Waals surface area contributed by atoms with Crippen LogP contribution in [0.4, 0.5) is 18.9 Å². The standard InChI is InChI=1S/C26H17F3N2O5.C2H6O/c1-13-10-20(32)30-22-18(31-24(33)16-8-3-4-9-17(16)25(31)34)12-19(35-2)23(21(13)22)36-15-7-5-6-14(11-15)26(27,28)29;1-2-3/h3-12H,1-2H3,(H,30,32);3H,2H2,1H3. The summed E-state index contributed by atoms with van der Waals surface area (Å²) in [5.41, 5.74) is -0.470. The monoisotopic (exact) mass is 540 g/mol. The summed E-state index contributed by atoms with van der Waals surface area (Å²) in [6, 6.07) is 13.2. The maximum absolute atomic E-state index is 13.2. The lowest BCUT2D eigenvalue weighted by atomic mass is 10.1. The second kappa shape index (κ2) is 10.6. The van der Waals surface area contributed by atoms with Crippen LogP contribution in [0.1, 0.15) is 38.8 Å². The number of H-pyrrole nitrogens is 1. The van der Waals surface area contributed by atoms with Crippen LogP contribution in [-0.2, 0) is 6.18 Å². The van der Waals surface area contributed by atoms with E-state index in [2.05, 4.69) is 4.98 Å². The number of nitrogens with zero attached hydrogens (tertiary/aromatic N) is 1. The maximum Gasteiger partial charge on any atom is 0.416 e. The molecule has 0 fully saturated rings.